The van der Waals surface area contributed by atoms with Crippen molar-refractivity contribution in [1.29, 1.82) is 0 Å². The molecule has 0 radical (unpaired) electrons. The maximum Gasteiger partial charge on any atom is 0.294 e. The predicted molar refractivity (Wildman–Crippen MR) is 85.2 cm³/mol. The van der Waals surface area contributed by atoms with Gasteiger partial charge in [-0.25, -0.2) is 0 Å². The van der Waals surface area contributed by atoms with E-state index < -0.39 is 0 Å². The van der Waals surface area contributed by atoms with Crippen LogP contribution in [0.2, 0.25) is 5.02 Å². The summed E-state index contributed by atoms with van der Waals surface area (Å²) in [6, 6.07) is 3.29. The van der Waals surface area contributed by atoms with E-state index in [0.717, 1.165) is 31.9 Å². The Hall–Kier alpha value is -1.49. The van der Waals surface area contributed by atoms with Gasteiger partial charge in [0.15, 0.2) is 0 Å². The fraction of sp³-hybridized carbons (Fsp3) is 0.571. The summed E-state index contributed by atoms with van der Waals surface area (Å²) in [5.74, 6) is 0. The van der Waals surface area contributed by atoms with E-state index in [0.29, 0.717) is 10.7 Å². The highest BCUT2D eigenvalue weighted by atomic mass is 35.5. The van der Waals surface area contributed by atoms with Crippen molar-refractivity contribution in [3.8, 4) is 0 Å². The van der Waals surface area contributed by atoms with Gasteiger partial charge in [-0.05, 0) is 33.8 Å². The lowest BCUT2D eigenvalue weighted by Crippen LogP contribution is -2.25. The Bertz CT molecular complexity index is 472. The first-order chi connectivity index (χ1) is 9.49. The number of nitro groups is 1. The number of hydrogen-bond donors (Lipinski definition) is 0. The van der Waals surface area contributed by atoms with Gasteiger partial charge in [0.05, 0.1) is 15.6 Å². The molecule has 0 bridgehead atoms. The minimum atomic E-state index is -0.369. The second-order valence-corrected chi connectivity index (χ2v) is 4.80. The number of halogens is 1. The zero-order chi connectivity index (χ0) is 15.3. The summed E-state index contributed by atoms with van der Waals surface area (Å²) in [6.07, 6.45) is 0. The Morgan fingerprint density at radius 1 is 1.00 bits per heavy atom. The summed E-state index contributed by atoms with van der Waals surface area (Å²) in [7, 11) is 0. The molecule has 0 N–H and O–H groups in total. The molecule has 0 saturated carbocycles. The van der Waals surface area contributed by atoms with Gasteiger partial charge in [0, 0.05) is 32.2 Å². The fourth-order valence-electron chi connectivity index (χ4n) is 2.31. The average Bonchev–Trinajstić information content (AvgIpc) is 2.43. The highest BCUT2D eigenvalue weighted by molar-refractivity contribution is 6.33. The van der Waals surface area contributed by atoms with Gasteiger partial charge in [-0.1, -0.05) is 11.6 Å². The highest BCUT2D eigenvalue weighted by Gasteiger charge is 2.22. The van der Waals surface area contributed by atoms with Crippen LogP contribution in [0.1, 0.15) is 27.7 Å². The van der Waals surface area contributed by atoms with Crippen molar-refractivity contribution in [3.63, 3.8) is 0 Å². The number of rotatable bonds is 7. The Labute approximate surface area is 125 Å². The second kappa shape index (κ2) is 7.33. The monoisotopic (exact) mass is 299 g/mol. The molecular formula is C14H22ClN3O2. The van der Waals surface area contributed by atoms with Gasteiger partial charge in [-0.2, -0.15) is 0 Å². The zero-order valence-electron chi connectivity index (χ0n) is 12.5. The first kappa shape index (κ1) is 16.6. The molecule has 1 aromatic carbocycles. The molecule has 1 rings (SSSR count). The van der Waals surface area contributed by atoms with Crippen molar-refractivity contribution in [2.45, 2.75) is 27.7 Å². The van der Waals surface area contributed by atoms with E-state index in [1.807, 2.05) is 38.7 Å². The quantitative estimate of drug-likeness (QED) is 0.565. The van der Waals surface area contributed by atoms with Crippen molar-refractivity contribution in [1.82, 2.24) is 0 Å². The van der Waals surface area contributed by atoms with Gasteiger partial charge in [0.1, 0.15) is 5.69 Å². The van der Waals surface area contributed by atoms with Crippen molar-refractivity contribution in [3.05, 3.63) is 27.3 Å². The molecule has 0 atom stereocenters. The Morgan fingerprint density at radius 2 is 1.45 bits per heavy atom. The smallest absolute Gasteiger partial charge is 0.294 e. The van der Waals surface area contributed by atoms with Gasteiger partial charge >= 0.3 is 0 Å². The van der Waals surface area contributed by atoms with Crippen LogP contribution in [-0.2, 0) is 0 Å². The lowest BCUT2D eigenvalue weighted by Gasteiger charge is -2.26. The zero-order valence-corrected chi connectivity index (χ0v) is 13.3. The number of nitrogens with zero attached hydrogens (tertiary/aromatic N) is 3. The van der Waals surface area contributed by atoms with E-state index in [-0.39, 0.29) is 10.6 Å². The van der Waals surface area contributed by atoms with Crippen molar-refractivity contribution < 1.29 is 4.92 Å². The number of benzene rings is 1. The maximum atomic E-state index is 11.2. The van der Waals surface area contributed by atoms with Crippen LogP contribution in [0.25, 0.3) is 0 Å². The average molecular weight is 300 g/mol. The standard InChI is InChI=1S/C14H22ClN3O2/c1-5-16(6-2)12-10-13(17(7-3)8-4)14(18(19)20)9-11(12)15/h9-10H,5-8H2,1-4H3. The lowest BCUT2D eigenvalue weighted by atomic mass is 10.2. The Kier molecular flexibility index (Phi) is 6.07. The van der Waals surface area contributed by atoms with E-state index in [1.165, 1.54) is 6.07 Å². The third-order valence-corrected chi connectivity index (χ3v) is 3.75. The topological polar surface area (TPSA) is 49.6 Å². The molecule has 5 nitrogen and oxygen atoms in total. The van der Waals surface area contributed by atoms with Crippen LogP contribution in [-0.4, -0.2) is 31.1 Å². The summed E-state index contributed by atoms with van der Waals surface area (Å²) in [4.78, 5) is 14.9. The van der Waals surface area contributed by atoms with Crippen LogP contribution in [0.5, 0.6) is 0 Å². The van der Waals surface area contributed by atoms with E-state index >= 15 is 0 Å². The van der Waals surface area contributed by atoms with Gasteiger partial charge in [0.2, 0.25) is 0 Å². The van der Waals surface area contributed by atoms with Crippen molar-refractivity contribution >= 4 is 28.7 Å². The molecular weight excluding hydrogens is 278 g/mol. The third-order valence-electron chi connectivity index (χ3n) is 3.45. The largest absolute Gasteiger partial charge is 0.371 e. The molecule has 0 aliphatic heterocycles. The summed E-state index contributed by atoms with van der Waals surface area (Å²) in [5, 5.41) is 11.7. The van der Waals surface area contributed by atoms with Crippen LogP contribution in [0.4, 0.5) is 17.1 Å². The number of anilines is 2. The first-order valence-electron chi connectivity index (χ1n) is 6.97. The molecule has 0 saturated heterocycles. The highest BCUT2D eigenvalue weighted by Crippen LogP contribution is 2.38. The van der Waals surface area contributed by atoms with Gasteiger partial charge in [-0.15, -0.1) is 0 Å². The molecule has 0 aliphatic rings. The third kappa shape index (κ3) is 3.33. The molecule has 0 aromatic heterocycles. The van der Waals surface area contributed by atoms with Crippen LogP contribution in [0, 0.1) is 10.1 Å². The van der Waals surface area contributed by atoms with Crippen LogP contribution in [0.15, 0.2) is 12.1 Å². The Morgan fingerprint density at radius 3 is 1.85 bits per heavy atom. The van der Waals surface area contributed by atoms with E-state index in [2.05, 4.69) is 4.90 Å². The van der Waals surface area contributed by atoms with E-state index in [1.54, 1.807) is 0 Å². The van der Waals surface area contributed by atoms with Crippen LogP contribution < -0.4 is 9.80 Å². The van der Waals surface area contributed by atoms with Gasteiger partial charge in [-0.3, -0.25) is 10.1 Å². The molecule has 1 aromatic rings. The van der Waals surface area contributed by atoms with Crippen molar-refractivity contribution in [2.24, 2.45) is 0 Å². The minimum Gasteiger partial charge on any atom is -0.371 e. The van der Waals surface area contributed by atoms with Crippen LogP contribution >= 0.6 is 11.6 Å². The number of hydrogen-bond acceptors (Lipinski definition) is 4. The van der Waals surface area contributed by atoms with Gasteiger partial charge < -0.3 is 9.80 Å². The molecule has 20 heavy (non-hydrogen) atoms. The van der Waals surface area contributed by atoms with Crippen molar-refractivity contribution in [2.75, 3.05) is 36.0 Å². The summed E-state index contributed by atoms with van der Waals surface area (Å²) >= 11 is 6.22. The number of nitro benzene ring substituents is 1. The summed E-state index contributed by atoms with van der Waals surface area (Å²) < 4.78 is 0. The fourth-order valence-corrected chi connectivity index (χ4v) is 2.59. The molecule has 0 spiro atoms. The second-order valence-electron chi connectivity index (χ2n) is 4.39. The normalized spacial score (nSPS) is 10.4. The molecule has 0 unspecified atom stereocenters. The molecule has 0 aliphatic carbocycles. The lowest BCUT2D eigenvalue weighted by molar-refractivity contribution is -0.384. The maximum absolute atomic E-state index is 11.2. The summed E-state index contributed by atoms with van der Waals surface area (Å²) in [5.41, 5.74) is 1.55. The van der Waals surface area contributed by atoms with Gasteiger partial charge in [0.25, 0.3) is 5.69 Å². The molecule has 0 amide bonds. The van der Waals surface area contributed by atoms with E-state index in [4.69, 9.17) is 11.6 Å². The first-order valence-corrected chi connectivity index (χ1v) is 7.35. The van der Waals surface area contributed by atoms with Crippen LogP contribution in [0.3, 0.4) is 0 Å². The summed E-state index contributed by atoms with van der Waals surface area (Å²) in [6.45, 7) is 11.1. The molecule has 112 valence electrons. The molecule has 6 heteroatoms. The minimum absolute atomic E-state index is 0.0645. The predicted octanol–water partition coefficient (Wildman–Crippen LogP) is 3.94. The molecule has 0 fully saturated rings. The van der Waals surface area contributed by atoms with E-state index in [9.17, 15) is 10.1 Å². The SMILES string of the molecule is CCN(CC)c1cc(N(CC)CC)c([N+](=O)[O-])cc1Cl. The Balaban J connectivity index is 3.44. The molecule has 0 heterocycles.